The van der Waals surface area contributed by atoms with E-state index in [1.807, 2.05) is 57.4 Å². The van der Waals surface area contributed by atoms with Crippen molar-refractivity contribution in [2.24, 2.45) is 0 Å². The van der Waals surface area contributed by atoms with Gasteiger partial charge in [0.2, 0.25) is 0 Å². The lowest BCUT2D eigenvalue weighted by atomic mass is 10.0. The van der Waals surface area contributed by atoms with Gasteiger partial charge < -0.3 is 15.0 Å². The van der Waals surface area contributed by atoms with Crippen LogP contribution in [0.5, 0.6) is 5.75 Å². The van der Waals surface area contributed by atoms with Crippen LogP contribution < -0.4 is 15.0 Å². The Balaban J connectivity index is 1.16. The van der Waals surface area contributed by atoms with Crippen LogP contribution in [0.2, 0.25) is 0 Å². The van der Waals surface area contributed by atoms with Crippen LogP contribution in [0.15, 0.2) is 48.5 Å². The number of para-hydroxylation sites is 1. The van der Waals surface area contributed by atoms with E-state index < -0.39 is 0 Å². The van der Waals surface area contributed by atoms with E-state index in [-0.39, 0.29) is 12.3 Å². The number of anilines is 2. The molecule has 0 aliphatic heterocycles. The first-order valence-corrected chi connectivity index (χ1v) is 18.8. The Labute approximate surface area is 290 Å². The fourth-order valence-electron chi connectivity index (χ4n) is 6.57. The topological polar surface area (TPSA) is 67.3 Å². The molecule has 1 heterocycles. The Bertz CT molecular complexity index is 1580. The zero-order valence-electron chi connectivity index (χ0n) is 30.5. The summed E-state index contributed by atoms with van der Waals surface area (Å²) in [6.45, 7) is 7.24. The summed E-state index contributed by atoms with van der Waals surface area (Å²) >= 11 is 0. The van der Waals surface area contributed by atoms with Gasteiger partial charge in [-0.3, -0.25) is 4.79 Å². The summed E-state index contributed by atoms with van der Waals surface area (Å²) in [4.78, 5) is 25.2. The summed E-state index contributed by atoms with van der Waals surface area (Å²) in [5.41, 5.74) is 8.23. The zero-order valence-corrected chi connectivity index (χ0v) is 30.5. The lowest BCUT2D eigenvalue weighted by Crippen LogP contribution is -2.16. The number of benzene rings is 3. The van der Waals surface area contributed by atoms with E-state index in [2.05, 4.69) is 36.2 Å². The number of carbonyl (C=O) groups is 1. The van der Waals surface area contributed by atoms with Crippen LogP contribution in [0.3, 0.4) is 0 Å². The Kier molecular flexibility index (Phi) is 15.5. The van der Waals surface area contributed by atoms with Gasteiger partial charge in [0.05, 0.1) is 40.8 Å². The average Bonchev–Trinajstić information content (AvgIpc) is 3.07. The molecule has 3 aromatic carbocycles. The van der Waals surface area contributed by atoms with Gasteiger partial charge in [-0.1, -0.05) is 115 Å². The number of aryl methyl sites for hydroxylation is 2. The normalized spacial score (nSPS) is 11.4. The van der Waals surface area contributed by atoms with Crippen LogP contribution in [0.1, 0.15) is 131 Å². The molecule has 0 aliphatic rings. The smallest absolute Gasteiger partial charge is 0.185 e. The summed E-state index contributed by atoms with van der Waals surface area (Å²) in [6.07, 6.45) is 21.6. The van der Waals surface area contributed by atoms with Crippen LogP contribution >= 0.6 is 0 Å². The van der Waals surface area contributed by atoms with Crippen molar-refractivity contribution in [3.8, 4) is 5.75 Å². The van der Waals surface area contributed by atoms with Crippen molar-refractivity contribution < 1.29 is 9.53 Å². The minimum absolute atomic E-state index is 0.00719. The fourth-order valence-corrected chi connectivity index (χ4v) is 6.57. The van der Waals surface area contributed by atoms with Crippen molar-refractivity contribution in [3.05, 3.63) is 65.2 Å². The van der Waals surface area contributed by atoms with Crippen molar-refractivity contribution in [1.82, 2.24) is 9.97 Å². The molecule has 0 saturated carbocycles. The summed E-state index contributed by atoms with van der Waals surface area (Å²) in [7, 11) is 4.07. The number of nitrogens with zero attached hydrogens (tertiary/aromatic N) is 3. The minimum atomic E-state index is 0.00719. The third-order valence-corrected chi connectivity index (χ3v) is 9.46. The highest BCUT2D eigenvalue weighted by molar-refractivity contribution is 6.01. The van der Waals surface area contributed by atoms with Gasteiger partial charge in [-0.05, 0) is 67.8 Å². The van der Waals surface area contributed by atoms with Gasteiger partial charge in [-0.15, -0.1) is 0 Å². The quantitative estimate of drug-likeness (QED) is 0.0488. The average molecular weight is 653 g/mol. The van der Waals surface area contributed by atoms with Crippen LogP contribution in [0.4, 0.5) is 11.4 Å². The molecule has 6 nitrogen and oxygen atoms in total. The summed E-state index contributed by atoms with van der Waals surface area (Å²) < 4.78 is 6.12. The molecule has 0 radical (unpaired) electrons. The maximum Gasteiger partial charge on any atom is 0.185 e. The lowest BCUT2D eigenvalue weighted by molar-refractivity contribution is 0.100. The van der Waals surface area contributed by atoms with Gasteiger partial charge in [0.15, 0.2) is 5.78 Å². The third kappa shape index (κ3) is 11.5. The van der Waals surface area contributed by atoms with E-state index in [1.165, 1.54) is 102 Å². The molecule has 6 heteroatoms. The van der Waals surface area contributed by atoms with Gasteiger partial charge in [-0.25, -0.2) is 9.97 Å². The van der Waals surface area contributed by atoms with Crippen molar-refractivity contribution in [3.63, 3.8) is 0 Å². The zero-order chi connectivity index (χ0) is 34.1. The molecule has 0 bridgehead atoms. The van der Waals surface area contributed by atoms with E-state index in [4.69, 9.17) is 14.7 Å². The van der Waals surface area contributed by atoms with Gasteiger partial charge in [0.1, 0.15) is 5.75 Å². The van der Waals surface area contributed by atoms with Crippen LogP contribution in [0.25, 0.3) is 22.1 Å². The van der Waals surface area contributed by atoms with Crippen LogP contribution in [-0.4, -0.2) is 43.0 Å². The molecule has 0 aliphatic carbocycles. The summed E-state index contributed by atoms with van der Waals surface area (Å²) in [5.74, 6) is 0.678. The molecule has 0 spiro atoms. The number of Topliss-reactive ketones (excluding diaryl/α,β-unsaturated/α-hetero) is 1. The number of nitrogens with one attached hydrogen (secondary N) is 1. The van der Waals surface area contributed by atoms with E-state index in [0.717, 1.165) is 45.4 Å². The second-order valence-electron chi connectivity index (χ2n) is 13.8. The van der Waals surface area contributed by atoms with Crippen LogP contribution in [0, 0.1) is 13.8 Å². The Hall–Kier alpha value is -3.67. The molecule has 0 fully saturated rings. The molecule has 260 valence electrons. The molecule has 1 aromatic heterocycles. The van der Waals surface area contributed by atoms with Gasteiger partial charge in [-0.2, -0.15) is 0 Å². The van der Waals surface area contributed by atoms with Crippen molar-refractivity contribution in [2.75, 3.05) is 37.5 Å². The monoisotopic (exact) mass is 652 g/mol. The number of rotatable bonds is 23. The predicted molar refractivity (Wildman–Crippen MR) is 205 cm³/mol. The number of hydrogen-bond acceptors (Lipinski definition) is 6. The molecule has 0 atom stereocenters. The molecular formula is C42H60N4O2. The standard InChI is InChI=1S/C42H60N4O2/c1-6-7-8-9-10-11-12-13-14-15-16-17-18-19-20-23-26-48-42-25-22-21-24-34(42)41(47)31-43-35-29-38-36(27-32(35)2)44-37-28-33(3)40(46(4)5)30-39(37)45-38/h21-22,24-25,27-30,43H,6-20,23,26,31H2,1-5H3. The van der Waals surface area contributed by atoms with Crippen LogP contribution in [-0.2, 0) is 0 Å². The number of fused-ring (bicyclic) bond motifs is 2. The second kappa shape index (κ2) is 20.0. The number of ether oxygens (including phenoxy) is 1. The number of unbranched alkanes of at least 4 members (excludes halogenated alkanes) is 15. The molecule has 48 heavy (non-hydrogen) atoms. The molecule has 4 aromatic rings. The maximum absolute atomic E-state index is 13.3. The molecule has 4 rings (SSSR count). The molecular weight excluding hydrogens is 592 g/mol. The van der Waals surface area contributed by atoms with E-state index in [9.17, 15) is 4.79 Å². The first-order valence-electron chi connectivity index (χ1n) is 18.8. The Morgan fingerprint density at radius 3 is 1.75 bits per heavy atom. The lowest BCUT2D eigenvalue weighted by Gasteiger charge is -2.16. The second-order valence-corrected chi connectivity index (χ2v) is 13.8. The summed E-state index contributed by atoms with van der Waals surface area (Å²) in [6, 6.07) is 15.8. The van der Waals surface area contributed by atoms with Crippen molar-refractivity contribution >= 4 is 39.2 Å². The van der Waals surface area contributed by atoms with E-state index in [0.29, 0.717) is 17.9 Å². The minimum Gasteiger partial charge on any atom is -0.493 e. The molecule has 0 unspecified atom stereocenters. The fraction of sp³-hybridized carbons (Fsp3) is 0.548. The molecule has 0 saturated heterocycles. The highest BCUT2D eigenvalue weighted by atomic mass is 16.5. The van der Waals surface area contributed by atoms with Gasteiger partial charge in [0, 0.05) is 25.5 Å². The Morgan fingerprint density at radius 1 is 0.667 bits per heavy atom. The molecule has 1 N–H and O–H groups in total. The number of hydrogen-bond donors (Lipinski definition) is 1. The molecule has 0 amide bonds. The first kappa shape index (κ1) is 37.2. The maximum atomic E-state index is 13.3. The first-order chi connectivity index (χ1) is 23.4. The van der Waals surface area contributed by atoms with Gasteiger partial charge in [0.25, 0.3) is 0 Å². The van der Waals surface area contributed by atoms with E-state index in [1.54, 1.807) is 0 Å². The summed E-state index contributed by atoms with van der Waals surface area (Å²) in [5, 5.41) is 3.36. The third-order valence-electron chi connectivity index (χ3n) is 9.46. The number of aromatic nitrogens is 2. The number of carbonyl (C=O) groups excluding carboxylic acids is 1. The highest BCUT2D eigenvalue weighted by Crippen LogP contribution is 2.28. The van der Waals surface area contributed by atoms with E-state index >= 15 is 0 Å². The SMILES string of the molecule is CCCCCCCCCCCCCCCCCCOc1ccccc1C(=O)CNc1cc2nc3cc(N(C)C)c(C)cc3nc2cc1C. The highest BCUT2D eigenvalue weighted by Gasteiger charge is 2.14. The van der Waals surface area contributed by atoms with Gasteiger partial charge >= 0.3 is 0 Å². The van der Waals surface area contributed by atoms with Crippen molar-refractivity contribution in [1.29, 1.82) is 0 Å². The Morgan fingerprint density at radius 2 is 1.17 bits per heavy atom. The largest absolute Gasteiger partial charge is 0.493 e. The van der Waals surface area contributed by atoms with Crippen molar-refractivity contribution in [2.45, 2.75) is 124 Å². The number of ketones is 1. The predicted octanol–water partition coefficient (Wildman–Crippen LogP) is 11.4.